The minimum atomic E-state index is -1.15. The van der Waals surface area contributed by atoms with E-state index < -0.39 is 54.5 Å². The van der Waals surface area contributed by atoms with Gasteiger partial charge in [-0.1, -0.05) is 168 Å². The first-order chi connectivity index (χ1) is 46.8. The summed E-state index contributed by atoms with van der Waals surface area (Å²) in [6, 6.07) is 48.7. The number of carbonyl (C=O) groups is 10. The maximum atomic E-state index is 12.2. The fourth-order valence-corrected chi connectivity index (χ4v) is 10.7. The highest BCUT2D eigenvalue weighted by molar-refractivity contribution is 6.20. The zero-order valence-corrected chi connectivity index (χ0v) is 54.4. The van der Waals surface area contributed by atoms with Crippen molar-refractivity contribution in [3.8, 4) is 33.4 Å². The van der Waals surface area contributed by atoms with E-state index in [1.165, 1.54) is 41.4 Å². The molecule has 0 atom stereocenters. The molecule has 0 bridgehead atoms. The molecule has 5 amide bonds. The Kier molecular flexibility index (Phi) is 39.5. The lowest BCUT2D eigenvalue weighted by Gasteiger charge is -2.21. The highest BCUT2D eigenvalue weighted by Crippen LogP contribution is 2.47. The summed E-state index contributed by atoms with van der Waals surface area (Å²) in [7, 11) is 22.7. The summed E-state index contributed by atoms with van der Waals surface area (Å²) in [6.07, 6.45) is -0.714. The van der Waals surface area contributed by atoms with Crippen LogP contribution in [0.15, 0.2) is 146 Å². The maximum absolute atomic E-state index is 12.2. The van der Waals surface area contributed by atoms with Crippen LogP contribution in [0.1, 0.15) is 99.6 Å². The number of nitrogens with zero attached hydrogens (tertiary/aromatic N) is 2. The third kappa shape index (κ3) is 26.5. The van der Waals surface area contributed by atoms with Gasteiger partial charge in [-0.3, -0.25) is 33.6 Å². The van der Waals surface area contributed by atoms with Gasteiger partial charge in [0.15, 0.2) is 0 Å². The summed E-state index contributed by atoms with van der Waals surface area (Å²) in [5, 5.41) is 24.3. The van der Waals surface area contributed by atoms with E-state index in [4.69, 9.17) is 48.0 Å². The molecule has 0 saturated heterocycles. The quantitative estimate of drug-likeness (QED) is 0.0146. The number of carboxylic acid groups (broad SMARTS) is 2. The molecule has 0 heterocycles. The molecule has 5 N–H and O–H groups in total. The van der Waals surface area contributed by atoms with Crippen LogP contribution in [0.2, 0.25) is 25.3 Å². The number of rotatable bonds is 26. The van der Waals surface area contributed by atoms with Gasteiger partial charge < -0.3 is 64.4 Å². The third-order valence-corrected chi connectivity index (χ3v) is 15.2. The smallest absolute Gasteiger partial charge is 0.407 e. The summed E-state index contributed by atoms with van der Waals surface area (Å²) in [4.78, 5) is 115. The lowest BCUT2D eigenvalue weighted by atomic mass is 9.98. The van der Waals surface area contributed by atoms with Gasteiger partial charge in [-0.25, -0.2) is 14.4 Å². The molecule has 526 valence electrons. The van der Waals surface area contributed by atoms with E-state index in [-0.39, 0.29) is 123 Å². The Bertz CT molecular complexity index is 3500. The average Bonchev–Trinajstić information content (AvgIpc) is 1.64. The van der Waals surface area contributed by atoms with Crippen LogP contribution < -0.4 is 16.0 Å². The van der Waals surface area contributed by atoms with E-state index in [1.807, 2.05) is 97.1 Å². The molecule has 0 aliphatic heterocycles. The number of methoxy groups -OCH3 is 2. The maximum Gasteiger partial charge on any atom is 0.407 e. The van der Waals surface area contributed by atoms with Crippen LogP contribution in [0.5, 0.6) is 0 Å². The summed E-state index contributed by atoms with van der Waals surface area (Å²) < 4.78 is 29.9. The van der Waals surface area contributed by atoms with E-state index in [1.54, 1.807) is 6.92 Å². The number of nitrogens with one attached hydrogen (secondary N) is 3. The number of unbranched alkanes of at least 4 members (excludes halogenated alkanes) is 1. The average molecular weight is 1370 g/mol. The van der Waals surface area contributed by atoms with Gasteiger partial charge in [0.05, 0.1) is 52.2 Å². The van der Waals surface area contributed by atoms with Crippen LogP contribution in [0, 0.1) is 0 Å². The third-order valence-electron chi connectivity index (χ3n) is 15.2. The number of hydrogen-bond acceptors (Lipinski definition) is 16. The normalized spacial score (nSPS) is 11.2. The second kappa shape index (κ2) is 46.0. The van der Waals surface area contributed by atoms with Crippen LogP contribution in [0.4, 0.5) is 14.4 Å². The Hall–Kier alpha value is -10.3. The SMILES string of the molecule is C.C.C.COC(=O)CCCCNC(=O)OCC1c2ccccc2-c2ccccc21.[B]CC(=O)N(CCNC(=O)OCC1c2ccccc2-c2ccccc21)CC(=O)O.[B]CC(=O)N(CCNC(=O)OCC1c2ccccc2-c2ccccc21)CC(=O)OC.[B]CC(=O)O.[B]CC(=O)OCC. The van der Waals surface area contributed by atoms with Crippen molar-refractivity contribution in [3.05, 3.63) is 179 Å². The van der Waals surface area contributed by atoms with Crippen molar-refractivity contribution in [3.63, 3.8) is 0 Å². The first-order valence-electron chi connectivity index (χ1n) is 31.2. The molecule has 0 saturated carbocycles. The molecule has 27 heteroatoms. The summed E-state index contributed by atoms with van der Waals surface area (Å²) in [5.74, 6) is -4.17. The zero-order chi connectivity index (χ0) is 70.7. The molecule has 0 fully saturated rings. The molecule has 23 nitrogen and oxygen atoms in total. The molecule has 3 aliphatic rings. The second-order valence-electron chi connectivity index (χ2n) is 21.4. The molecule has 6 aromatic rings. The predicted octanol–water partition coefficient (Wildman–Crippen LogP) is 9.71. The number of aliphatic carboxylic acids is 2. The molecule has 9 rings (SSSR count). The molecule has 8 radical (unpaired) electrons. The molecule has 0 spiro atoms. The fourth-order valence-electron chi connectivity index (χ4n) is 10.7. The van der Waals surface area contributed by atoms with Gasteiger partial charge >= 0.3 is 36.2 Å². The summed E-state index contributed by atoms with van der Waals surface area (Å²) in [6.45, 7) is 2.98. The van der Waals surface area contributed by atoms with Crippen molar-refractivity contribution in [2.24, 2.45) is 0 Å². The Morgan fingerprint density at radius 2 is 0.690 bits per heavy atom. The Balaban J connectivity index is 0.000000464. The van der Waals surface area contributed by atoms with E-state index in [0.717, 1.165) is 49.4 Å². The number of ether oxygens (including phenoxy) is 6. The Morgan fingerprint density at radius 1 is 0.390 bits per heavy atom. The van der Waals surface area contributed by atoms with Crippen molar-refractivity contribution >= 4 is 91.3 Å². The van der Waals surface area contributed by atoms with Gasteiger partial charge in [0.25, 0.3) is 11.9 Å². The Morgan fingerprint density at radius 3 is 0.950 bits per heavy atom. The van der Waals surface area contributed by atoms with Crippen molar-refractivity contribution in [2.45, 2.75) is 91.5 Å². The van der Waals surface area contributed by atoms with E-state index in [9.17, 15) is 47.9 Å². The lowest BCUT2D eigenvalue weighted by molar-refractivity contribution is -0.146. The minimum Gasteiger partial charge on any atom is -0.482 e. The number of alkyl carbamates (subject to hydrolysis) is 3. The number of benzene rings is 6. The molecule has 0 unspecified atom stereocenters. The van der Waals surface area contributed by atoms with Crippen molar-refractivity contribution in [2.75, 3.05) is 86.5 Å². The van der Waals surface area contributed by atoms with Crippen molar-refractivity contribution in [1.29, 1.82) is 0 Å². The number of carboxylic acids is 2. The second-order valence-corrected chi connectivity index (χ2v) is 21.4. The number of carbonyl (C=O) groups excluding carboxylic acids is 8. The monoisotopic (exact) mass is 1370 g/mol. The van der Waals surface area contributed by atoms with Crippen LogP contribution >= 0.6 is 0 Å². The van der Waals surface area contributed by atoms with Crippen LogP contribution in [0.3, 0.4) is 0 Å². The van der Waals surface area contributed by atoms with Gasteiger partial charge in [0.1, 0.15) is 32.9 Å². The standard InChI is InChI=1S/C22H23BN2O5.C21H21BN2O5.C21H23NO4.C4H7BO2.C2H3BO2.3CH4/c1-29-21(27)13-25(20(26)12-23)11-10-24-22(28)30-14-19-17-8-4-2-6-15(17)16-7-3-5-9-18(16)19;22-11-19(25)24(12-20(26)27)10-9-23-21(28)29-13-18-16-7-3-1-5-14(16)15-6-2-4-8-17(15)18;1-25-20(23)12-6-7-13-22-21(24)26-14-19-17-10-4-2-8-15(17)16-9-3-5-11-18(16)19;1-2-7-4(6)3-5;3-1-2(4)5;;;/h2-9,19H,10-14H2,1H3,(H,24,28);1-8,18H,9-13H2,(H,23,28)(H,26,27);2-5,8-11,19H,6-7,12-14H2,1H3,(H,22,24);2-3H2,1H3;1H2,(H,4,5);3*1H4. The molecule has 100 heavy (non-hydrogen) atoms. The number of esters is 3. The molecule has 0 aromatic heterocycles. The first kappa shape index (κ1) is 85.8. The van der Waals surface area contributed by atoms with Crippen LogP contribution in [0.25, 0.3) is 33.4 Å². The van der Waals surface area contributed by atoms with Crippen LogP contribution in [-0.4, -0.2) is 198 Å². The summed E-state index contributed by atoms with van der Waals surface area (Å²) >= 11 is 0. The van der Waals surface area contributed by atoms with E-state index >= 15 is 0 Å². The molecule has 3 aliphatic carbocycles. The minimum absolute atomic E-state index is 0. The van der Waals surface area contributed by atoms with Crippen molar-refractivity contribution in [1.82, 2.24) is 25.8 Å². The fraction of sp³-hybridized carbons (Fsp3) is 0.370. The molecular weight excluding hydrogens is 1280 g/mol. The van der Waals surface area contributed by atoms with Gasteiger partial charge in [0.2, 0.25) is 11.8 Å². The number of fused-ring (bicyclic) bond motifs is 9. The van der Waals surface area contributed by atoms with Gasteiger partial charge in [-0.2, -0.15) is 0 Å². The summed E-state index contributed by atoms with van der Waals surface area (Å²) in [5.41, 5.74) is 13.9. The van der Waals surface area contributed by atoms with Gasteiger partial charge in [-0.15, -0.1) is 0 Å². The largest absolute Gasteiger partial charge is 0.482 e. The van der Waals surface area contributed by atoms with E-state index in [2.05, 4.69) is 86.5 Å². The zero-order valence-electron chi connectivity index (χ0n) is 54.4. The highest BCUT2D eigenvalue weighted by atomic mass is 16.6. The number of hydrogen-bond donors (Lipinski definition) is 5. The highest BCUT2D eigenvalue weighted by Gasteiger charge is 2.32. The lowest BCUT2D eigenvalue weighted by Crippen LogP contribution is -2.41. The van der Waals surface area contributed by atoms with Gasteiger partial charge in [0, 0.05) is 69.5 Å². The molecular formula is C73H89B4N5O18. The topological polar surface area (TPSA) is 309 Å². The molecule has 6 aromatic carbocycles. The number of amides is 5. The first-order valence-corrected chi connectivity index (χ1v) is 31.2. The van der Waals surface area contributed by atoms with Crippen molar-refractivity contribution < 1.29 is 86.6 Å². The predicted molar refractivity (Wildman–Crippen MR) is 385 cm³/mol. The van der Waals surface area contributed by atoms with Gasteiger partial charge in [-0.05, 0) is 99.2 Å². The van der Waals surface area contributed by atoms with Crippen LogP contribution in [-0.2, 0) is 62.0 Å². The Labute approximate surface area is 591 Å². The van der Waals surface area contributed by atoms with E-state index in [0.29, 0.717) is 39.0 Å².